The van der Waals surface area contributed by atoms with E-state index in [9.17, 15) is 9.59 Å². The first-order valence-corrected chi connectivity index (χ1v) is 11.2. The number of benzene rings is 1. The molecule has 0 aromatic heterocycles. The molecule has 1 atom stereocenters. The molecule has 2 heterocycles. The van der Waals surface area contributed by atoms with Crippen LogP contribution < -0.4 is 10.6 Å². The number of amides is 2. The number of carbonyl (C=O) groups is 2. The first-order chi connectivity index (χ1) is 14.1. The number of hydrogen-bond acceptors (Lipinski definition) is 4. The molecule has 6 nitrogen and oxygen atoms in total. The normalized spacial score (nSPS) is 24.6. The third-order valence-corrected chi connectivity index (χ3v) is 7.23. The number of piperazine rings is 1. The SMILES string of the molecule is Cl.NCC1(CC(=O)N2CCN(C3CCN(c4ccccc4)C3=O)CC2)CCCCC1. The third-order valence-electron chi connectivity index (χ3n) is 7.23. The molecule has 3 aliphatic rings. The van der Waals surface area contributed by atoms with E-state index in [1.54, 1.807) is 0 Å². The number of halogens is 1. The number of anilines is 1. The highest BCUT2D eigenvalue weighted by Crippen LogP contribution is 2.39. The van der Waals surface area contributed by atoms with E-state index in [1.165, 1.54) is 19.3 Å². The molecule has 2 amide bonds. The molecule has 0 radical (unpaired) electrons. The van der Waals surface area contributed by atoms with Crippen LogP contribution in [0.5, 0.6) is 0 Å². The van der Waals surface area contributed by atoms with Crippen molar-refractivity contribution in [2.24, 2.45) is 11.1 Å². The van der Waals surface area contributed by atoms with Gasteiger partial charge in [0.05, 0.1) is 6.04 Å². The number of para-hydroxylation sites is 1. The topological polar surface area (TPSA) is 69.9 Å². The van der Waals surface area contributed by atoms with Crippen LogP contribution in [0, 0.1) is 5.41 Å². The summed E-state index contributed by atoms with van der Waals surface area (Å²) in [7, 11) is 0. The minimum Gasteiger partial charge on any atom is -0.340 e. The van der Waals surface area contributed by atoms with Crippen molar-refractivity contribution in [3.63, 3.8) is 0 Å². The summed E-state index contributed by atoms with van der Waals surface area (Å²) in [6.45, 7) is 4.38. The largest absolute Gasteiger partial charge is 0.340 e. The van der Waals surface area contributed by atoms with Crippen LogP contribution in [-0.2, 0) is 9.59 Å². The second-order valence-corrected chi connectivity index (χ2v) is 8.99. The third kappa shape index (κ3) is 4.82. The molecule has 30 heavy (non-hydrogen) atoms. The van der Waals surface area contributed by atoms with Gasteiger partial charge in [-0.25, -0.2) is 0 Å². The van der Waals surface area contributed by atoms with Crippen molar-refractivity contribution in [3.8, 4) is 0 Å². The average Bonchev–Trinajstić information content (AvgIpc) is 3.16. The first-order valence-electron chi connectivity index (χ1n) is 11.2. The standard InChI is InChI=1S/C23H34N4O2.ClH/c24-18-23(10-5-2-6-11-23)17-21(28)26-15-13-25(14-16-26)20-9-12-27(22(20)29)19-7-3-1-4-8-19;/h1,3-4,7-8,20H,2,5-6,9-18,24H2;1H. The zero-order chi connectivity index (χ0) is 20.3. The lowest BCUT2D eigenvalue weighted by atomic mass is 9.71. The van der Waals surface area contributed by atoms with Gasteiger partial charge in [0.25, 0.3) is 0 Å². The van der Waals surface area contributed by atoms with Gasteiger partial charge < -0.3 is 15.5 Å². The van der Waals surface area contributed by atoms with Crippen LogP contribution in [-0.4, -0.2) is 66.9 Å². The van der Waals surface area contributed by atoms with Gasteiger partial charge in [-0.2, -0.15) is 0 Å². The Labute approximate surface area is 186 Å². The van der Waals surface area contributed by atoms with Crippen molar-refractivity contribution in [2.45, 2.75) is 51.0 Å². The van der Waals surface area contributed by atoms with E-state index in [0.717, 1.165) is 44.6 Å². The van der Waals surface area contributed by atoms with Gasteiger partial charge >= 0.3 is 0 Å². The molecule has 4 rings (SSSR count). The summed E-state index contributed by atoms with van der Waals surface area (Å²) < 4.78 is 0. The molecule has 1 aliphatic carbocycles. The Hall–Kier alpha value is -1.63. The van der Waals surface area contributed by atoms with Crippen molar-refractivity contribution >= 4 is 29.9 Å². The van der Waals surface area contributed by atoms with E-state index in [1.807, 2.05) is 40.1 Å². The van der Waals surface area contributed by atoms with Crippen LogP contribution in [0.2, 0.25) is 0 Å². The maximum absolute atomic E-state index is 13.0. The van der Waals surface area contributed by atoms with E-state index in [2.05, 4.69) is 4.90 Å². The van der Waals surface area contributed by atoms with Gasteiger partial charge in [-0.1, -0.05) is 37.5 Å². The van der Waals surface area contributed by atoms with Crippen LogP contribution in [0.4, 0.5) is 5.69 Å². The smallest absolute Gasteiger partial charge is 0.244 e. The maximum atomic E-state index is 13.0. The predicted octanol–water partition coefficient (Wildman–Crippen LogP) is 2.66. The van der Waals surface area contributed by atoms with Crippen LogP contribution in [0.3, 0.4) is 0 Å². The number of hydrogen-bond donors (Lipinski definition) is 1. The van der Waals surface area contributed by atoms with Gasteiger partial charge in [0, 0.05) is 44.8 Å². The maximum Gasteiger partial charge on any atom is 0.244 e. The average molecular weight is 435 g/mol. The molecule has 2 saturated heterocycles. The monoisotopic (exact) mass is 434 g/mol. The van der Waals surface area contributed by atoms with Crippen LogP contribution >= 0.6 is 12.4 Å². The summed E-state index contributed by atoms with van der Waals surface area (Å²) in [5, 5.41) is 0. The van der Waals surface area contributed by atoms with Crippen molar-refractivity contribution in [1.29, 1.82) is 0 Å². The summed E-state index contributed by atoms with van der Waals surface area (Å²) in [6, 6.07) is 9.85. The van der Waals surface area contributed by atoms with Gasteiger partial charge in [-0.05, 0) is 43.4 Å². The Kier molecular flexibility index (Phi) is 7.77. The molecule has 1 unspecified atom stereocenters. The molecule has 2 N–H and O–H groups in total. The first kappa shape index (κ1) is 23.0. The second-order valence-electron chi connectivity index (χ2n) is 8.99. The van der Waals surface area contributed by atoms with Crippen molar-refractivity contribution in [2.75, 3.05) is 44.2 Å². The fourth-order valence-electron chi connectivity index (χ4n) is 5.34. The van der Waals surface area contributed by atoms with Crippen LogP contribution in [0.15, 0.2) is 30.3 Å². The fourth-order valence-corrected chi connectivity index (χ4v) is 5.34. The Morgan fingerprint density at radius 2 is 1.67 bits per heavy atom. The highest BCUT2D eigenvalue weighted by atomic mass is 35.5. The minimum atomic E-state index is -0.0545. The summed E-state index contributed by atoms with van der Waals surface area (Å²) in [6.07, 6.45) is 7.28. The summed E-state index contributed by atoms with van der Waals surface area (Å²) in [5.41, 5.74) is 7.07. The van der Waals surface area contributed by atoms with Crippen molar-refractivity contribution < 1.29 is 9.59 Å². The van der Waals surface area contributed by atoms with Gasteiger partial charge in [-0.15, -0.1) is 12.4 Å². The minimum absolute atomic E-state index is 0. The van der Waals surface area contributed by atoms with Gasteiger partial charge in [-0.3, -0.25) is 14.5 Å². The molecule has 1 aromatic carbocycles. The van der Waals surface area contributed by atoms with Crippen molar-refractivity contribution in [3.05, 3.63) is 30.3 Å². The molecular formula is C23H35ClN4O2. The van der Waals surface area contributed by atoms with Crippen molar-refractivity contribution in [1.82, 2.24) is 9.80 Å². The Balaban J connectivity index is 0.00000256. The molecule has 7 heteroatoms. The lowest BCUT2D eigenvalue weighted by molar-refractivity contribution is -0.136. The summed E-state index contributed by atoms with van der Waals surface area (Å²) in [5.74, 6) is 0.445. The lowest BCUT2D eigenvalue weighted by Crippen LogP contribution is -2.54. The Morgan fingerprint density at radius 1 is 1.00 bits per heavy atom. The van der Waals surface area contributed by atoms with E-state index >= 15 is 0 Å². The molecule has 1 aromatic rings. The van der Waals surface area contributed by atoms with Gasteiger partial charge in [0.2, 0.25) is 11.8 Å². The van der Waals surface area contributed by atoms with E-state index in [4.69, 9.17) is 5.73 Å². The Bertz CT molecular complexity index is 715. The Morgan fingerprint density at radius 3 is 2.30 bits per heavy atom. The molecule has 1 saturated carbocycles. The molecule has 3 fully saturated rings. The highest BCUT2D eigenvalue weighted by molar-refractivity contribution is 5.99. The summed E-state index contributed by atoms with van der Waals surface area (Å²) >= 11 is 0. The van der Waals surface area contributed by atoms with Crippen LogP contribution in [0.1, 0.15) is 44.9 Å². The molecule has 0 spiro atoms. The number of carbonyl (C=O) groups excluding carboxylic acids is 2. The zero-order valence-electron chi connectivity index (χ0n) is 17.8. The quantitative estimate of drug-likeness (QED) is 0.773. The molecule has 166 valence electrons. The molecule has 2 aliphatic heterocycles. The van der Waals surface area contributed by atoms with Gasteiger partial charge in [0.15, 0.2) is 0 Å². The molecular weight excluding hydrogens is 400 g/mol. The number of rotatable bonds is 5. The fraction of sp³-hybridized carbons (Fsp3) is 0.652. The zero-order valence-corrected chi connectivity index (χ0v) is 18.6. The van der Waals surface area contributed by atoms with E-state index in [-0.39, 0.29) is 35.7 Å². The lowest BCUT2D eigenvalue weighted by Gasteiger charge is -2.40. The second kappa shape index (κ2) is 10.1. The highest BCUT2D eigenvalue weighted by Gasteiger charge is 2.39. The van der Waals surface area contributed by atoms with E-state index < -0.39 is 0 Å². The molecule has 0 bridgehead atoms. The number of nitrogens with zero attached hydrogens (tertiary/aromatic N) is 3. The summed E-state index contributed by atoms with van der Waals surface area (Å²) in [4.78, 5) is 32.1. The number of nitrogens with two attached hydrogens (primary N) is 1. The van der Waals surface area contributed by atoms with Crippen LogP contribution in [0.25, 0.3) is 0 Å². The van der Waals surface area contributed by atoms with Gasteiger partial charge in [0.1, 0.15) is 0 Å². The van der Waals surface area contributed by atoms with E-state index in [0.29, 0.717) is 26.1 Å². The predicted molar refractivity (Wildman–Crippen MR) is 122 cm³/mol.